The number of carbonyl (C=O) groups is 1. The average Bonchev–Trinajstić information content (AvgIpc) is 2.66. The maximum absolute atomic E-state index is 12.2. The van der Waals surface area contributed by atoms with Crippen molar-refractivity contribution in [2.24, 2.45) is 4.99 Å². The Balaban J connectivity index is 1.78. The highest BCUT2D eigenvalue weighted by Crippen LogP contribution is 2.13. The van der Waals surface area contributed by atoms with Crippen molar-refractivity contribution in [1.29, 1.82) is 0 Å². The van der Waals surface area contributed by atoms with Crippen molar-refractivity contribution in [3.05, 3.63) is 48.3 Å². The largest absolute Gasteiger partial charge is 0.351 e. The first-order valence-electron chi connectivity index (χ1n) is 9.44. The Morgan fingerprint density at radius 1 is 1.35 bits per heavy atom. The summed E-state index contributed by atoms with van der Waals surface area (Å²) in [6.07, 6.45) is 10.4. The second-order valence-electron chi connectivity index (χ2n) is 6.64. The van der Waals surface area contributed by atoms with Gasteiger partial charge in [0.2, 0.25) is 0 Å². The standard InChI is InChI=1S/C21H30N4O/c1-4-9-17(2)24-18(3)19-10-11-20(23-16-19)21(26)22-12-8-15-25-13-6-5-7-14-25/h4,9-11,16H,3,5-8,12-15H2,1-2H3,(H,22,26)/b9-4-,24-17?. The van der Waals surface area contributed by atoms with E-state index in [1.54, 1.807) is 12.3 Å². The molecule has 2 rings (SSSR count). The van der Waals surface area contributed by atoms with E-state index in [2.05, 4.69) is 26.8 Å². The predicted molar refractivity (Wildman–Crippen MR) is 108 cm³/mol. The van der Waals surface area contributed by atoms with Gasteiger partial charge in [-0.05, 0) is 71.0 Å². The SMILES string of the molecule is C=C(N=C(C)/C=C\C)c1ccc(C(=O)NCCCN2CCCCC2)nc1. The molecule has 1 aromatic rings. The number of piperidine rings is 1. The van der Waals surface area contributed by atoms with E-state index in [1.807, 2.05) is 32.1 Å². The number of aliphatic imine (C=N–C) groups is 1. The molecule has 5 nitrogen and oxygen atoms in total. The third-order valence-electron chi connectivity index (χ3n) is 4.43. The highest BCUT2D eigenvalue weighted by atomic mass is 16.1. The molecule has 0 atom stereocenters. The Bertz CT molecular complexity index is 655. The van der Waals surface area contributed by atoms with Crippen molar-refractivity contribution in [3.63, 3.8) is 0 Å². The summed E-state index contributed by atoms with van der Waals surface area (Å²) in [5.74, 6) is -0.130. The first kappa shape index (κ1) is 20.0. The molecule has 1 N–H and O–H groups in total. The minimum Gasteiger partial charge on any atom is -0.351 e. The molecule has 5 heteroatoms. The third kappa shape index (κ3) is 6.56. The normalized spacial score (nSPS) is 16.0. The van der Waals surface area contributed by atoms with E-state index in [0.717, 1.165) is 24.2 Å². The minimum absolute atomic E-state index is 0.130. The highest BCUT2D eigenvalue weighted by molar-refractivity contribution is 5.96. The molecular weight excluding hydrogens is 324 g/mol. The molecular formula is C21H30N4O. The lowest BCUT2D eigenvalue weighted by Gasteiger charge is -2.26. The first-order chi connectivity index (χ1) is 12.6. The van der Waals surface area contributed by atoms with Gasteiger partial charge in [0.05, 0.1) is 5.70 Å². The van der Waals surface area contributed by atoms with E-state index < -0.39 is 0 Å². The maximum atomic E-state index is 12.2. The first-order valence-corrected chi connectivity index (χ1v) is 9.44. The van der Waals surface area contributed by atoms with Gasteiger partial charge in [-0.1, -0.05) is 19.1 Å². The lowest BCUT2D eigenvalue weighted by atomic mass is 10.1. The number of hydrogen-bond donors (Lipinski definition) is 1. The van der Waals surface area contributed by atoms with E-state index in [1.165, 1.54) is 32.4 Å². The van der Waals surface area contributed by atoms with Crippen molar-refractivity contribution < 1.29 is 4.79 Å². The highest BCUT2D eigenvalue weighted by Gasteiger charge is 2.10. The zero-order valence-electron chi connectivity index (χ0n) is 16.0. The smallest absolute Gasteiger partial charge is 0.269 e. The summed E-state index contributed by atoms with van der Waals surface area (Å²) >= 11 is 0. The summed E-state index contributed by atoms with van der Waals surface area (Å²) in [5, 5.41) is 2.95. The Hall–Kier alpha value is -2.27. The molecule has 140 valence electrons. The second-order valence-corrected chi connectivity index (χ2v) is 6.64. The summed E-state index contributed by atoms with van der Waals surface area (Å²) in [6, 6.07) is 3.56. The average molecular weight is 354 g/mol. The van der Waals surface area contributed by atoms with E-state index in [0.29, 0.717) is 17.9 Å². The molecule has 0 aliphatic carbocycles. The van der Waals surface area contributed by atoms with Crippen LogP contribution in [0.2, 0.25) is 0 Å². The van der Waals surface area contributed by atoms with E-state index >= 15 is 0 Å². The molecule has 1 aliphatic heterocycles. The molecule has 0 saturated carbocycles. The van der Waals surface area contributed by atoms with Crippen LogP contribution in [0.5, 0.6) is 0 Å². The predicted octanol–water partition coefficient (Wildman–Crippen LogP) is 3.70. The fourth-order valence-electron chi connectivity index (χ4n) is 3.03. The summed E-state index contributed by atoms with van der Waals surface area (Å²) in [5.41, 5.74) is 2.76. The number of aromatic nitrogens is 1. The van der Waals surface area contributed by atoms with Crippen LogP contribution in [0.1, 0.15) is 55.6 Å². The number of allylic oxidation sites excluding steroid dienone is 2. The Morgan fingerprint density at radius 2 is 2.12 bits per heavy atom. The molecule has 0 radical (unpaired) electrons. The molecule has 1 aliphatic rings. The molecule has 1 amide bonds. The summed E-state index contributed by atoms with van der Waals surface area (Å²) in [7, 11) is 0. The number of nitrogens with zero attached hydrogens (tertiary/aromatic N) is 3. The molecule has 0 aromatic carbocycles. The lowest BCUT2D eigenvalue weighted by Crippen LogP contribution is -2.33. The topological polar surface area (TPSA) is 57.6 Å². The molecule has 0 bridgehead atoms. The van der Waals surface area contributed by atoms with Crippen molar-refractivity contribution in [2.45, 2.75) is 39.5 Å². The Kier molecular flexibility index (Phi) is 8.22. The molecule has 1 aromatic heterocycles. The number of rotatable bonds is 8. The van der Waals surface area contributed by atoms with Gasteiger partial charge in [0.25, 0.3) is 5.91 Å². The summed E-state index contributed by atoms with van der Waals surface area (Å²) in [4.78, 5) is 23.3. The van der Waals surface area contributed by atoms with Crippen LogP contribution in [0.15, 0.2) is 42.1 Å². The monoisotopic (exact) mass is 354 g/mol. The zero-order valence-corrected chi connectivity index (χ0v) is 16.0. The van der Waals surface area contributed by atoms with E-state index in [9.17, 15) is 4.79 Å². The molecule has 26 heavy (non-hydrogen) atoms. The van der Waals surface area contributed by atoms with Gasteiger partial charge < -0.3 is 10.2 Å². The van der Waals surface area contributed by atoms with Crippen molar-refractivity contribution in [2.75, 3.05) is 26.2 Å². The van der Waals surface area contributed by atoms with Crippen LogP contribution in [0.4, 0.5) is 0 Å². The van der Waals surface area contributed by atoms with Crippen LogP contribution in [0, 0.1) is 0 Å². The summed E-state index contributed by atoms with van der Waals surface area (Å²) < 4.78 is 0. The maximum Gasteiger partial charge on any atom is 0.269 e. The fraction of sp³-hybridized carbons (Fsp3) is 0.476. The van der Waals surface area contributed by atoms with Crippen LogP contribution in [0.3, 0.4) is 0 Å². The van der Waals surface area contributed by atoms with Crippen molar-refractivity contribution in [1.82, 2.24) is 15.2 Å². The van der Waals surface area contributed by atoms with Gasteiger partial charge in [0, 0.05) is 24.0 Å². The van der Waals surface area contributed by atoms with Crippen LogP contribution in [-0.2, 0) is 0 Å². The number of hydrogen-bond acceptors (Lipinski definition) is 4. The van der Waals surface area contributed by atoms with Crippen molar-refractivity contribution >= 4 is 17.3 Å². The third-order valence-corrected chi connectivity index (χ3v) is 4.43. The second kappa shape index (κ2) is 10.7. The van der Waals surface area contributed by atoms with Gasteiger partial charge in [-0.15, -0.1) is 0 Å². The molecule has 0 spiro atoms. The number of nitrogens with one attached hydrogen (secondary N) is 1. The summed E-state index contributed by atoms with van der Waals surface area (Å²) in [6.45, 7) is 11.9. The molecule has 2 heterocycles. The quantitative estimate of drug-likeness (QED) is 0.572. The van der Waals surface area contributed by atoms with Gasteiger partial charge in [-0.25, -0.2) is 0 Å². The molecule has 1 fully saturated rings. The fourth-order valence-corrected chi connectivity index (χ4v) is 3.03. The number of likely N-dealkylation sites (tertiary alicyclic amines) is 1. The zero-order chi connectivity index (χ0) is 18.8. The minimum atomic E-state index is -0.130. The van der Waals surface area contributed by atoms with Crippen molar-refractivity contribution in [3.8, 4) is 0 Å². The number of amides is 1. The lowest BCUT2D eigenvalue weighted by molar-refractivity contribution is 0.0946. The number of pyridine rings is 1. The Labute approximate surface area is 156 Å². The van der Waals surface area contributed by atoms with Gasteiger partial charge in [-0.2, -0.15) is 0 Å². The van der Waals surface area contributed by atoms with Gasteiger partial charge >= 0.3 is 0 Å². The van der Waals surface area contributed by atoms with Crippen LogP contribution in [0.25, 0.3) is 5.70 Å². The van der Waals surface area contributed by atoms with Gasteiger partial charge in [-0.3, -0.25) is 14.8 Å². The van der Waals surface area contributed by atoms with Crippen LogP contribution < -0.4 is 5.32 Å². The Morgan fingerprint density at radius 3 is 2.77 bits per heavy atom. The van der Waals surface area contributed by atoms with Crippen LogP contribution >= 0.6 is 0 Å². The van der Waals surface area contributed by atoms with Gasteiger partial charge in [0.1, 0.15) is 5.69 Å². The van der Waals surface area contributed by atoms with Gasteiger partial charge in [0.15, 0.2) is 0 Å². The van der Waals surface area contributed by atoms with Crippen LogP contribution in [-0.4, -0.2) is 47.7 Å². The van der Waals surface area contributed by atoms with E-state index in [4.69, 9.17) is 0 Å². The molecule has 1 saturated heterocycles. The molecule has 0 unspecified atom stereocenters. The van der Waals surface area contributed by atoms with E-state index in [-0.39, 0.29) is 5.91 Å². The number of carbonyl (C=O) groups excluding carboxylic acids is 1.